The lowest BCUT2D eigenvalue weighted by Crippen LogP contribution is -2.29. The van der Waals surface area contributed by atoms with E-state index in [1.807, 2.05) is 18.2 Å². The van der Waals surface area contributed by atoms with E-state index in [-0.39, 0.29) is 11.9 Å². The van der Waals surface area contributed by atoms with Crippen LogP contribution in [0.15, 0.2) is 49.8 Å². The SMILES string of the molecule is NNC(Cc1ccc(F)c(Br)c1)c1ccc(Br)cc1Br. The van der Waals surface area contributed by atoms with Gasteiger partial charge in [-0.3, -0.25) is 11.3 Å². The second-order valence-electron chi connectivity index (χ2n) is 4.34. The van der Waals surface area contributed by atoms with Crippen LogP contribution in [0.2, 0.25) is 0 Å². The molecule has 0 bridgehead atoms. The number of halogens is 4. The Hall–Kier alpha value is -0.270. The van der Waals surface area contributed by atoms with Gasteiger partial charge in [-0.1, -0.05) is 44.0 Å². The van der Waals surface area contributed by atoms with E-state index in [1.54, 1.807) is 12.1 Å². The predicted molar refractivity (Wildman–Crippen MR) is 89.7 cm³/mol. The molecule has 3 N–H and O–H groups in total. The van der Waals surface area contributed by atoms with E-state index in [1.165, 1.54) is 6.07 Å². The van der Waals surface area contributed by atoms with Gasteiger partial charge in [-0.2, -0.15) is 0 Å². The first-order valence-electron chi connectivity index (χ1n) is 5.86. The van der Waals surface area contributed by atoms with Crippen LogP contribution in [0.3, 0.4) is 0 Å². The van der Waals surface area contributed by atoms with Gasteiger partial charge in [0, 0.05) is 8.95 Å². The van der Waals surface area contributed by atoms with Crippen LogP contribution in [0.1, 0.15) is 17.2 Å². The third-order valence-electron chi connectivity index (χ3n) is 2.96. The van der Waals surface area contributed by atoms with Gasteiger partial charge in [-0.05, 0) is 57.7 Å². The van der Waals surface area contributed by atoms with Crippen LogP contribution >= 0.6 is 47.8 Å². The summed E-state index contributed by atoms with van der Waals surface area (Å²) in [5.41, 5.74) is 4.86. The molecular formula is C14H12Br3FN2. The summed E-state index contributed by atoms with van der Waals surface area (Å²) in [6.45, 7) is 0. The minimum atomic E-state index is -0.268. The molecule has 106 valence electrons. The van der Waals surface area contributed by atoms with Crippen LogP contribution in [-0.4, -0.2) is 0 Å². The van der Waals surface area contributed by atoms with E-state index in [0.29, 0.717) is 10.9 Å². The van der Waals surface area contributed by atoms with E-state index in [4.69, 9.17) is 5.84 Å². The lowest BCUT2D eigenvalue weighted by atomic mass is 9.99. The first-order chi connectivity index (χ1) is 9.51. The molecule has 2 nitrogen and oxygen atoms in total. The molecule has 0 amide bonds. The average Bonchev–Trinajstić information content (AvgIpc) is 2.41. The normalized spacial score (nSPS) is 12.4. The van der Waals surface area contributed by atoms with Crippen molar-refractivity contribution in [3.63, 3.8) is 0 Å². The molecule has 2 aromatic rings. The number of benzene rings is 2. The molecule has 0 aromatic heterocycles. The zero-order valence-corrected chi connectivity index (χ0v) is 15.1. The van der Waals surface area contributed by atoms with Crippen molar-refractivity contribution in [1.29, 1.82) is 0 Å². The van der Waals surface area contributed by atoms with Crippen molar-refractivity contribution >= 4 is 47.8 Å². The highest BCUT2D eigenvalue weighted by Gasteiger charge is 2.14. The topological polar surface area (TPSA) is 38.0 Å². The molecule has 0 aliphatic carbocycles. The Morgan fingerprint density at radius 1 is 1.05 bits per heavy atom. The van der Waals surface area contributed by atoms with Gasteiger partial charge in [-0.15, -0.1) is 0 Å². The summed E-state index contributed by atoms with van der Waals surface area (Å²) in [7, 11) is 0. The molecule has 1 atom stereocenters. The monoisotopic (exact) mass is 464 g/mol. The van der Waals surface area contributed by atoms with Crippen LogP contribution in [-0.2, 0) is 6.42 Å². The first kappa shape index (κ1) is 16.1. The molecule has 0 saturated heterocycles. The van der Waals surface area contributed by atoms with Crippen LogP contribution in [0, 0.1) is 5.82 Å². The minimum absolute atomic E-state index is 0.0603. The van der Waals surface area contributed by atoms with Crippen LogP contribution < -0.4 is 11.3 Å². The highest BCUT2D eigenvalue weighted by Crippen LogP contribution is 2.29. The lowest BCUT2D eigenvalue weighted by molar-refractivity contribution is 0.548. The lowest BCUT2D eigenvalue weighted by Gasteiger charge is -2.18. The molecule has 0 spiro atoms. The van der Waals surface area contributed by atoms with Crippen molar-refractivity contribution in [1.82, 2.24) is 5.43 Å². The predicted octanol–water partition coefficient (Wildman–Crippen LogP) is 4.86. The van der Waals surface area contributed by atoms with Crippen LogP contribution in [0.25, 0.3) is 0 Å². The fourth-order valence-electron chi connectivity index (χ4n) is 1.95. The molecule has 20 heavy (non-hydrogen) atoms. The Bertz CT molecular complexity index is 619. The summed E-state index contributed by atoms with van der Waals surface area (Å²) in [5, 5.41) is 0. The number of hydrogen-bond acceptors (Lipinski definition) is 2. The van der Waals surface area contributed by atoms with Crippen molar-refractivity contribution in [3.05, 3.63) is 66.8 Å². The highest BCUT2D eigenvalue weighted by atomic mass is 79.9. The Morgan fingerprint density at radius 2 is 1.80 bits per heavy atom. The summed E-state index contributed by atoms with van der Waals surface area (Å²) in [6, 6.07) is 10.9. The van der Waals surface area contributed by atoms with Gasteiger partial charge in [0.15, 0.2) is 0 Å². The number of nitrogens with two attached hydrogens (primary N) is 1. The summed E-state index contributed by atoms with van der Waals surface area (Å²) in [4.78, 5) is 0. The fraction of sp³-hybridized carbons (Fsp3) is 0.143. The highest BCUT2D eigenvalue weighted by molar-refractivity contribution is 9.11. The van der Waals surface area contributed by atoms with Crippen LogP contribution in [0.5, 0.6) is 0 Å². The maximum atomic E-state index is 13.2. The van der Waals surface area contributed by atoms with Crippen LogP contribution in [0.4, 0.5) is 4.39 Å². The Balaban J connectivity index is 2.26. The van der Waals surface area contributed by atoms with E-state index in [0.717, 1.165) is 20.1 Å². The van der Waals surface area contributed by atoms with Gasteiger partial charge < -0.3 is 0 Å². The van der Waals surface area contributed by atoms with Crippen molar-refractivity contribution < 1.29 is 4.39 Å². The number of rotatable bonds is 4. The molecule has 2 aromatic carbocycles. The number of nitrogens with one attached hydrogen (secondary N) is 1. The molecule has 0 aliphatic rings. The van der Waals surface area contributed by atoms with Gasteiger partial charge in [0.1, 0.15) is 5.82 Å². The summed E-state index contributed by atoms with van der Waals surface area (Å²) >= 11 is 10.2. The van der Waals surface area contributed by atoms with Gasteiger partial charge in [0.2, 0.25) is 0 Å². The van der Waals surface area contributed by atoms with Crippen molar-refractivity contribution in [2.24, 2.45) is 5.84 Å². The second kappa shape index (κ2) is 7.13. The third kappa shape index (κ3) is 3.89. The summed E-state index contributed by atoms with van der Waals surface area (Å²) < 4.78 is 15.7. The van der Waals surface area contributed by atoms with Gasteiger partial charge in [-0.25, -0.2) is 4.39 Å². The molecule has 0 radical (unpaired) electrons. The van der Waals surface area contributed by atoms with Gasteiger partial charge in [0.25, 0.3) is 0 Å². The molecule has 6 heteroatoms. The number of hydrazine groups is 1. The Labute approximate surface area is 142 Å². The summed E-state index contributed by atoms with van der Waals surface area (Å²) in [5.74, 6) is 5.39. The molecule has 0 heterocycles. The standard InChI is InChI=1S/C14H12Br3FN2/c15-9-2-3-10(11(16)7-9)14(20-19)6-8-1-4-13(18)12(17)5-8/h1-5,7,14,20H,6,19H2. The zero-order chi connectivity index (χ0) is 14.7. The molecule has 1 unspecified atom stereocenters. The van der Waals surface area contributed by atoms with Gasteiger partial charge >= 0.3 is 0 Å². The Morgan fingerprint density at radius 3 is 2.40 bits per heavy atom. The van der Waals surface area contributed by atoms with Crippen molar-refractivity contribution in [2.45, 2.75) is 12.5 Å². The second-order valence-corrected chi connectivity index (χ2v) is 6.96. The van der Waals surface area contributed by atoms with E-state index in [9.17, 15) is 4.39 Å². The first-order valence-corrected chi connectivity index (χ1v) is 8.24. The quantitative estimate of drug-likeness (QED) is 0.499. The maximum absolute atomic E-state index is 13.2. The molecule has 0 saturated carbocycles. The fourth-order valence-corrected chi connectivity index (χ4v) is 3.69. The van der Waals surface area contributed by atoms with E-state index in [2.05, 4.69) is 53.2 Å². The maximum Gasteiger partial charge on any atom is 0.137 e. The largest absolute Gasteiger partial charge is 0.271 e. The number of hydrogen-bond donors (Lipinski definition) is 2. The Kier molecular flexibility index (Phi) is 5.74. The van der Waals surface area contributed by atoms with E-state index >= 15 is 0 Å². The average molecular weight is 467 g/mol. The van der Waals surface area contributed by atoms with Crippen molar-refractivity contribution in [2.75, 3.05) is 0 Å². The molecule has 0 aliphatic heterocycles. The van der Waals surface area contributed by atoms with E-state index < -0.39 is 0 Å². The summed E-state index contributed by atoms with van der Waals surface area (Å²) in [6.07, 6.45) is 0.662. The molecular weight excluding hydrogens is 455 g/mol. The smallest absolute Gasteiger partial charge is 0.137 e. The molecule has 2 rings (SSSR count). The minimum Gasteiger partial charge on any atom is -0.271 e. The zero-order valence-electron chi connectivity index (χ0n) is 10.3. The third-order valence-corrected chi connectivity index (χ3v) is 4.75. The van der Waals surface area contributed by atoms with Gasteiger partial charge in [0.05, 0.1) is 10.5 Å². The van der Waals surface area contributed by atoms with Crippen molar-refractivity contribution in [3.8, 4) is 0 Å². The molecule has 0 fully saturated rings.